The number of nitrogens with one attached hydrogen (secondary N) is 1. The smallest absolute Gasteiger partial charge is 0.453 e. The number of amides is 2. The first-order chi connectivity index (χ1) is 18.5. The third-order valence-electron chi connectivity index (χ3n) is 6.02. The molecular formula is C21H18F7N7O5. The number of ether oxygens (including phenoxy) is 1. The molecule has 1 saturated heterocycles. The normalized spacial score (nSPS) is 18.3. The highest BCUT2D eigenvalue weighted by atomic mass is 19.4. The number of nitrogen functional groups attached to an aromatic ring is 1. The fraction of sp³-hybridized carbons (Fsp3) is 0.381. The summed E-state index contributed by atoms with van der Waals surface area (Å²) in [5.74, 6) is -8.98. The van der Waals surface area contributed by atoms with Crippen molar-refractivity contribution in [3.63, 3.8) is 0 Å². The second-order valence-corrected chi connectivity index (χ2v) is 8.60. The van der Waals surface area contributed by atoms with Gasteiger partial charge >= 0.3 is 18.1 Å². The molecule has 2 atom stereocenters. The van der Waals surface area contributed by atoms with E-state index >= 15 is 0 Å². The quantitative estimate of drug-likeness (QED) is 0.253. The van der Waals surface area contributed by atoms with Crippen molar-refractivity contribution in [2.24, 2.45) is 0 Å². The van der Waals surface area contributed by atoms with Crippen LogP contribution in [-0.4, -0.2) is 90.9 Å². The van der Waals surface area contributed by atoms with Crippen LogP contribution in [0.15, 0.2) is 24.7 Å². The molecular weight excluding hydrogens is 563 g/mol. The van der Waals surface area contributed by atoms with E-state index < -0.39 is 77.7 Å². The van der Waals surface area contributed by atoms with Gasteiger partial charge in [0.1, 0.15) is 23.6 Å². The van der Waals surface area contributed by atoms with Crippen molar-refractivity contribution in [1.82, 2.24) is 29.8 Å². The first-order valence-electron chi connectivity index (χ1n) is 11.0. The molecule has 3 aromatic heterocycles. The maximum Gasteiger partial charge on any atom is 0.453 e. The lowest BCUT2D eigenvalue weighted by Gasteiger charge is -2.27. The fourth-order valence-electron chi connectivity index (χ4n) is 4.06. The lowest BCUT2D eigenvalue weighted by Crippen LogP contribution is -2.58. The van der Waals surface area contributed by atoms with Crippen LogP contribution >= 0.6 is 0 Å². The number of carbonyl (C=O) groups excluding carboxylic acids is 2. The molecule has 1 fully saturated rings. The van der Waals surface area contributed by atoms with Gasteiger partial charge in [-0.15, -0.1) is 0 Å². The van der Waals surface area contributed by atoms with Gasteiger partial charge in [0, 0.05) is 18.3 Å². The van der Waals surface area contributed by atoms with E-state index in [4.69, 9.17) is 10.5 Å². The summed E-state index contributed by atoms with van der Waals surface area (Å²) in [7, 11) is 1.11. The molecule has 12 nitrogen and oxygen atoms in total. The summed E-state index contributed by atoms with van der Waals surface area (Å²) < 4.78 is 99.8. The minimum absolute atomic E-state index is 0.0925. The van der Waals surface area contributed by atoms with Crippen molar-refractivity contribution in [3.05, 3.63) is 35.8 Å². The van der Waals surface area contributed by atoms with Crippen molar-refractivity contribution in [2.75, 3.05) is 25.9 Å². The Morgan fingerprint density at radius 3 is 2.40 bits per heavy atom. The molecule has 4 rings (SSSR count). The Morgan fingerprint density at radius 2 is 1.80 bits per heavy atom. The van der Waals surface area contributed by atoms with Crippen LogP contribution in [0, 0.1) is 0 Å². The van der Waals surface area contributed by atoms with Crippen molar-refractivity contribution < 1.29 is 55.3 Å². The number of rotatable bonds is 5. The molecule has 1 aliphatic heterocycles. The van der Waals surface area contributed by atoms with E-state index in [1.165, 1.54) is 0 Å². The van der Waals surface area contributed by atoms with Gasteiger partial charge in [-0.3, -0.25) is 9.59 Å². The minimum Gasteiger partial charge on any atom is -0.480 e. The zero-order valence-corrected chi connectivity index (χ0v) is 20.0. The lowest BCUT2D eigenvalue weighted by atomic mass is 10.1. The molecule has 1 aliphatic rings. The predicted octanol–water partition coefficient (Wildman–Crippen LogP) is 0.923. The second kappa shape index (κ2) is 9.73. The van der Waals surface area contributed by atoms with Gasteiger partial charge in [0.05, 0.1) is 31.0 Å². The monoisotopic (exact) mass is 581 g/mol. The first kappa shape index (κ1) is 28.7. The number of fused-ring (bicyclic) bond motifs is 1. The average molecular weight is 581 g/mol. The molecule has 0 unspecified atom stereocenters. The largest absolute Gasteiger partial charge is 0.480 e. The Morgan fingerprint density at radius 1 is 1.12 bits per heavy atom. The zero-order valence-electron chi connectivity index (χ0n) is 20.0. The highest BCUT2D eigenvalue weighted by Crippen LogP contribution is 2.39. The van der Waals surface area contributed by atoms with E-state index in [0.717, 1.165) is 30.2 Å². The SMILES string of the molecule is COc1ncc(-c2cc(C(F)(F)F)c3c(N)ncnn23)cc1C(=O)N[C@@H]1CN(C(=O)C(O)(O)C(F)(F)F)C[C@@H]1F. The molecule has 19 heteroatoms. The molecule has 2 amide bonds. The number of alkyl halides is 7. The van der Waals surface area contributed by atoms with Crippen molar-refractivity contribution in [2.45, 2.75) is 30.4 Å². The molecule has 0 aromatic carbocycles. The molecule has 0 saturated carbocycles. The van der Waals surface area contributed by atoms with Gasteiger partial charge in [-0.05, 0) is 12.1 Å². The number of likely N-dealkylation sites (tertiary alicyclic amines) is 1. The second-order valence-electron chi connectivity index (χ2n) is 8.60. The summed E-state index contributed by atoms with van der Waals surface area (Å²) in [6.07, 6.45) is -10.8. The summed E-state index contributed by atoms with van der Waals surface area (Å²) in [4.78, 5) is 32.6. The number of carbonyl (C=O) groups is 2. The van der Waals surface area contributed by atoms with Crippen LogP contribution < -0.4 is 15.8 Å². The standard InChI is InChI=1S/C21H18F7N7O5/c1-40-17-9(16(36)33-12-6-34(5-11(12)22)18(37)19(38,39)21(26,27)28)2-8(4-30-17)13-3-10(20(23,24)25)14-15(29)31-7-32-35(13)14/h2-4,7,11-12,38-39H,5-6H2,1H3,(H,33,36)(H2,29,31,32)/t11-,12+/m0/s1. The molecule has 40 heavy (non-hydrogen) atoms. The zero-order chi connectivity index (χ0) is 29.8. The molecule has 0 bridgehead atoms. The average Bonchev–Trinajstić information content (AvgIpc) is 3.44. The van der Waals surface area contributed by atoms with Crippen molar-refractivity contribution >= 4 is 23.1 Å². The maximum absolute atomic E-state index is 14.6. The lowest BCUT2D eigenvalue weighted by molar-refractivity contribution is -0.332. The number of pyridine rings is 1. The number of aromatic nitrogens is 4. The molecule has 4 heterocycles. The number of hydrogen-bond donors (Lipinski definition) is 4. The van der Waals surface area contributed by atoms with Gasteiger partial charge in [0.25, 0.3) is 11.8 Å². The summed E-state index contributed by atoms with van der Waals surface area (Å²) in [5.41, 5.74) is 3.16. The van der Waals surface area contributed by atoms with E-state index in [9.17, 15) is 50.5 Å². The van der Waals surface area contributed by atoms with Crippen LogP contribution in [0.2, 0.25) is 0 Å². The van der Waals surface area contributed by atoms with E-state index in [1.807, 2.05) is 0 Å². The Labute approximate surface area is 218 Å². The molecule has 5 N–H and O–H groups in total. The summed E-state index contributed by atoms with van der Waals surface area (Å²) in [6.45, 7) is -1.87. The van der Waals surface area contributed by atoms with E-state index in [-0.39, 0.29) is 22.0 Å². The number of nitrogens with zero attached hydrogens (tertiary/aromatic N) is 5. The molecule has 3 aromatic rings. The van der Waals surface area contributed by atoms with Gasteiger partial charge in [-0.1, -0.05) is 0 Å². The van der Waals surface area contributed by atoms with Gasteiger partial charge in [-0.25, -0.2) is 18.9 Å². The molecule has 0 radical (unpaired) electrons. The van der Waals surface area contributed by atoms with E-state index in [2.05, 4.69) is 20.4 Å². The minimum atomic E-state index is -5.78. The van der Waals surface area contributed by atoms with Crippen LogP contribution in [0.25, 0.3) is 16.8 Å². The Hall–Kier alpha value is -4.26. The summed E-state index contributed by atoms with van der Waals surface area (Å²) >= 11 is 0. The van der Waals surface area contributed by atoms with Crippen LogP contribution in [0.1, 0.15) is 15.9 Å². The topological polar surface area (TPSA) is 168 Å². The molecule has 0 aliphatic carbocycles. The first-order valence-corrected chi connectivity index (χ1v) is 11.0. The number of anilines is 1. The number of methoxy groups -OCH3 is 1. The Balaban J connectivity index is 1.65. The Kier molecular flexibility index (Phi) is 6.99. The Bertz CT molecular complexity index is 1470. The number of nitrogens with two attached hydrogens (primary N) is 1. The number of aliphatic hydroxyl groups is 2. The molecule has 0 spiro atoms. The third-order valence-corrected chi connectivity index (χ3v) is 6.02. The van der Waals surface area contributed by atoms with Crippen LogP contribution in [0.5, 0.6) is 5.88 Å². The van der Waals surface area contributed by atoms with Gasteiger partial charge in [0.15, 0.2) is 5.82 Å². The van der Waals surface area contributed by atoms with Crippen molar-refractivity contribution in [3.8, 4) is 17.1 Å². The summed E-state index contributed by atoms with van der Waals surface area (Å²) in [5, 5.41) is 24.3. The van der Waals surface area contributed by atoms with E-state index in [0.29, 0.717) is 6.07 Å². The molecule has 216 valence electrons. The number of halogens is 7. The van der Waals surface area contributed by atoms with Crippen LogP contribution in [0.4, 0.5) is 36.6 Å². The van der Waals surface area contributed by atoms with Gasteiger partial charge < -0.3 is 30.9 Å². The van der Waals surface area contributed by atoms with E-state index in [1.54, 1.807) is 0 Å². The highest BCUT2D eigenvalue weighted by Gasteiger charge is 2.61. The number of hydrogen-bond acceptors (Lipinski definition) is 9. The van der Waals surface area contributed by atoms with Crippen LogP contribution in [0.3, 0.4) is 0 Å². The van der Waals surface area contributed by atoms with Crippen molar-refractivity contribution in [1.29, 1.82) is 0 Å². The summed E-state index contributed by atoms with van der Waals surface area (Å²) in [6, 6.07) is 0.135. The highest BCUT2D eigenvalue weighted by molar-refractivity contribution is 5.98. The fourth-order valence-corrected chi connectivity index (χ4v) is 4.06. The predicted molar refractivity (Wildman–Crippen MR) is 118 cm³/mol. The van der Waals surface area contributed by atoms with Gasteiger partial charge in [-0.2, -0.15) is 31.4 Å². The van der Waals surface area contributed by atoms with Gasteiger partial charge in [0.2, 0.25) is 5.88 Å². The van der Waals surface area contributed by atoms with Crippen LogP contribution in [-0.2, 0) is 11.0 Å². The maximum atomic E-state index is 14.6. The third kappa shape index (κ3) is 4.92.